The van der Waals surface area contributed by atoms with Gasteiger partial charge in [0.05, 0.1) is 0 Å². The fourth-order valence-electron chi connectivity index (χ4n) is 8.09. The van der Waals surface area contributed by atoms with E-state index < -0.39 is 6.10 Å². The Kier molecular flexibility index (Phi) is 47.7. The molecule has 0 aliphatic heterocycles. The van der Waals surface area contributed by atoms with Gasteiger partial charge in [-0.3, -0.25) is 14.4 Å². The van der Waals surface area contributed by atoms with Crippen molar-refractivity contribution >= 4 is 17.9 Å². The minimum Gasteiger partial charge on any atom is -0.462 e. The van der Waals surface area contributed by atoms with Crippen LogP contribution in [0.15, 0.2) is 0 Å². The molecule has 0 aliphatic rings. The van der Waals surface area contributed by atoms with E-state index in [1.54, 1.807) is 0 Å². The largest absolute Gasteiger partial charge is 0.462 e. The number of carbonyl (C=O) groups excluding carboxylic acids is 3. The Morgan fingerprint density at radius 2 is 0.458 bits per heavy atom. The molecular formula is C53H102O6. The molecule has 0 aromatic heterocycles. The summed E-state index contributed by atoms with van der Waals surface area (Å²) in [6.07, 6.45) is 52.6. The van der Waals surface area contributed by atoms with E-state index in [-0.39, 0.29) is 31.1 Å². The molecule has 59 heavy (non-hydrogen) atoms. The molecule has 1 unspecified atom stereocenters. The molecule has 6 heteroatoms. The number of hydrogen-bond donors (Lipinski definition) is 0. The Morgan fingerprint density at radius 1 is 0.271 bits per heavy atom. The molecular weight excluding hydrogens is 733 g/mol. The van der Waals surface area contributed by atoms with E-state index in [0.717, 1.165) is 57.8 Å². The highest BCUT2D eigenvalue weighted by molar-refractivity contribution is 5.71. The maximum absolute atomic E-state index is 12.7. The molecule has 350 valence electrons. The lowest BCUT2D eigenvalue weighted by molar-refractivity contribution is -0.167. The van der Waals surface area contributed by atoms with Crippen LogP contribution in [0.4, 0.5) is 0 Å². The first-order valence-electron chi connectivity index (χ1n) is 26.5. The number of ether oxygens (including phenoxy) is 3. The van der Waals surface area contributed by atoms with E-state index in [1.807, 2.05) is 0 Å². The topological polar surface area (TPSA) is 78.9 Å². The van der Waals surface area contributed by atoms with Gasteiger partial charge >= 0.3 is 17.9 Å². The van der Waals surface area contributed by atoms with E-state index >= 15 is 0 Å². The molecule has 0 saturated heterocycles. The minimum absolute atomic E-state index is 0.0626. The number of hydrogen-bond acceptors (Lipinski definition) is 6. The van der Waals surface area contributed by atoms with Crippen molar-refractivity contribution in [1.82, 2.24) is 0 Å². The monoisotopic (exact) mass is 835 g/mol. The average molecular weight is 835 g/mol. The number of rotatable bonds is 49. The fourth-order valence-corrected chi connectivity index (χ4v) is 8.09. The predicted molar refractivity (Wildman–Crippen MR) is 252 cm³/mol. The summed E-state index contributed by atoms with van der Waals surface area (Å²) in [5.74, 6) is -0.851. The van der Waals surface area contributed by atoms with Gasteiger partial charge in [-0.2, -0.15) is 0 Å². The number of carbonyl (C=O) groups is 3. The van der Waals surface area contributed by atoms with E-state index in [1.165, 1.54) is 205 Å². The Labute approximate surface area is 368 Å². The van der Waals surface area contributed by atoms with Crippen LogP contribution < -0.4 is 0 Å². The summed E-state index contributed by atoms with van der Waals surface area (Å²) in [5.41, 5.74) is 0. The second-order valence-corrected chi connectivity index (χ2v) is 18.2. The molecule has 0 saturated carbocycles. The first-order chi connectivity index (χ1) is 29.0. The summed E-state index contributed by atoms with van der Waals surface area (Å²) >= 11 is 0. The first kappa shape index (κ1) is 57.4. The van der Waals surface area contributed by atoms with E-state index in [2.05, 4.69) is 20.8 Å². The molecule has 0 spiro atoms. The van der Waals surface area contributed by atoms with Crippen LogP contribution in [0.3, 0.4) is 0 Å². The Morgan fingerprint density at radius 3 is 0.678 bits per heavy atom. The van der Waals surface area contributed by atoms with Gasteiger partial charge in [-0.1, -0.05) is 265 Å². The molecule has 0 aliphatic carbocycles. The lowest BCUT2D eigenvalue weighted by Crippen LogP contribution is -2.30. The molecule has 0 bridgehead atoms. The Hall–Kier alpha value is -1.59. The van der Waals surface area contributed by atoms with Gasteiger partial charge in [0, 0.05) is 19.3 Å². The van der Waals surface area contributed by atoms with Crippen LogP contribution in [0.2, 0.25) is 0 Å². The highest BCUT2D eigenvalue weighted by Gasteiger charge is 2.19. The third-order valence-corrected chi connectivity index (χ3v) is 12.1. The van der Waals surface area contributed by atoms with Crippen LogP contribution in [-0.2, 0) is 28.6 Å². The minimum atomic E-state index is -0.758. The van der Waals surface area contributed by atoms with Crippen molar-refractivity contribution in [3.8, 4) is 0 Å². The zero-order chi connectivity index (χ0) is 43.0. The van der Waals surface area contributed by atoms with Crippen LogP contribution in [0.5, 0.6) is 0 Å². The van der Waals surface area contributed by atoms with Crippen molar-refractivity contribution in [2.45, 2.75) is 309 Å². The third kappa shape index (κ3) is 47.3. The van der Waals surface area contributed by atoms with Gasteiger partial charge in [0.1, 0.15) is 13.2 Å². The maximum Gasteiger partial charge on any atom is 0.306 e. The van der Waals surface area contributed by atoms with Crippen molar-refractivity contribution in [3.05, 3.63) is 0 Å². The highest BCUT2D eigenvalue weighted by atomic mass is 16.6. The average Bonchev–Trinajstić information content (AvgIpc) is 3.23. The Balaban J connectivity index is 4.10. The predicted octanol–water partition coefficient (Wildman–Crippen LogP) is 17.2. The van der Waals surface area contributed by atoms with Crippen LogP contribution in [-0.4, -0.2) is 37.2 Å². The van der Waals surface area contributed by atoms with Crippen molar-refractivity contribution in [2.75, 3.05) is 13.2 Å². The molecule has 0 heterocycles. The molecule has 0 aromatic rings. The summed E-state index contributed by atoms with van der Waals surface area (Å²) in [4.78, 5) is 37.7. The van der Waals surface area contributed by atoms with Gasteiger partial charge in [-0.25, -0.2) is 0 Å². The van der Waals surface area contributed by atoms with Crippen molar-refractivity contribution in [1.29, 1.82) is 0 Å². The van der Waals surface area contributed by atoms with Crippen LogP contribution in [0.1, 0.15) is 303 Å². The second kappa shape index (κ2) is 49.1. The smallest absolute Gasteiger partial charge is 0.306 e. The standard InChI is InChI=1S/C53H102O6/c1-4-7-10-13-16-18-20-22-24-25-26-27-28-30-31-33-35-37-40-43-46-52(55)58-49-50(48-57-51(54)45-42-39-15-12-9-6-3)59-53(56)47-44-41-38-36-34-32-29-23-21-19-17-14-11-8-5-2/h50H,4-49H2,1-3H3. The third-order valence-electron chi connectivity index (χ3n) is 12.1. The maximum atomic E-state index is 12.7. The zero-order valence-corrected chi connectivity index (χ0v) is 40.1. The van der Waals surface area contributed by atoms with Crippen LogP contribution in [0, 0.1) is 0 Å². The second-order valence-electron chi connectivity index (χ2n) is 18.2. The highest BCUT2D eigenvalue weighted by Crippen LogP contribution is 2.17. The van der Waals surface area contributed by atoms with E-state index in [4.69, 9.17) is 14.2 Å². The summed E-state index contributed by atoms with van der Waals surface area (Å²) in [6, 6.07) is 0. The zero-order valence-electron chi connectivity index (χ0n) is 40.1. The van der Waals surface area contributed by atoms with Gasteiger partial charge in [-0.15, -0.1) is 0 Å². The molecule has 1 atom stereocenters. The SMILES string of the molecule is CCCCCCCCCCCCCCCCCCCCCCC(=O)OCC(COC(=O)CCCCCCCC)OC(=O)CCCCCCCCCCCCCCCCC. The molecule has 0 fully saturated rings. The van der Waals surface area contributed by atoms with Crippen molar-refractivity contribution in [2.24, 2.45) is 0 Å². The fraction of sp³-hybridized carbons (Fsp3) is 0.943. The Bertz CT molecular complexity index is 874. The van der Waals surface area contributed by atoms with Gasteiger partial charge in [0.25, 0.3) is 0 Å². The molecule has 0 rings (SSSR count). The van der Waals surface area contributed by atoms with Gasteiger partial charge in [0.15, 0.2) is 6.10 Å². The van der Waals surface area contributed by atoms with Crippen molar-refractivity contribution in [3.63, 3.8) is 0 Å². The number of esters is 3. The van der Waals surface area contributed by atoms with Gasteiger partial charge in [0.2, 0.25) is 0 Å². The molecule has 6 nitrogen and oxygen atoms in total. The van der Waals surface area contributed by atoms with Crippen molar-refractivity contribution < 1.29 is 28.6 Å². The molecule has 0 amide bonds. The molecule has 0 aromatic carbocycles. The summed E-state index contributed by atoms with van der Waals surface area (Å²) < 4.78 is 16.7. The van der Waals surface area contributed by atoms with E-state index in [0.29, 0.717) is 19.3 Å². The lowest BCUT2D eigenvalue weighted by Gasteiger charge is -2.18. The van der Waals surface area contributed by atoms with Gasteiger partial charge in [-0.05, 0) is 19.3 Å². The summed E-state index contributed by atoms with van der Waals surface area (Å²) in [7, 11) is 0. The summed E-state index contributed by atoms with van der Waals surface area (Å²) in [5, 5.41) is 0. The first-order valence-corrected chi connectivity index (χ1v) is 26.5. The van der Waals surface area contributed by atoms with Gasteiger partial charge < -0.3 is 14.2 Å². The molecule has 0 radical (unpaired) electrons. The number of unbranched alkanes of at least 4 members (excludes halogenated alkanes) is 38. The normalized spacial score (nSPS) is 11.8. The van der Waals surface area contributed by atoms with Crippen LogP contribution in [0.25, 0.3) is 0 Å². The molecule has 0 N–H and O–H groups in total. The summed E-state index contributed by atoms with van der Waals surface area (Å²) in [6.45, 7) is 6.63. The lowest BCUT2D eigenvalue weighted by atomic mass is 10.0. The quantitative estimate of drug-likeness (QED) is 0.0345. The van der Waals surface area contributed by atoms with Crippen LogP contribution >= 0.6 is 0 Å². The van der Waals surface area contributed by atoms with E-state index in [9.17, 15) is 14.4 Å².